The highest BCUT2D eigenvalue weighted by Crippen LogP contribution is 2.57. The molecular formula is C25H35N. The van der Waals surface area contributed by atoms with Crippen LogP contribution in [0.5, 0.6) is 0 Å². The molecule has 2 saturated carbocycles. The lowest BCUT2D eigenvalue weighted by molar-refractivity contribution is 0.0465. The van der Waals surface area contributed by atoms with E-state index in [1.54, 1.807) is 11.1 Å². The first kappa shape index (κ1) is 17.0. The number of hydrogen-bond acceptors (Lipinski definition) is 1. The zero-order valence-corrected chi connectivity index (χ0v) is 16.7. The van der Waals surface area contributed by atoms with Gasteiger partial charge in [-0.2, -0.15) is 0 Å². The van der Waals surface area contributed by atoms with Crippen LogP contribution in [0.3, 0.4) is 0 Å². The Morgan fingerprint density at radius 1 is 1.04 bits per heavy atom. The minimum atomic E-state index is 0.671. The van der Waals surface area contributed by atoms with E-state index in [4.69, 9.17) is 0 Å². The molecule has 1 N–H and O–H groups in total. The first-order chi connectivity index (χ1) is 12.6. The summed E-state index contributed by atoms with van der Waals surface area (Å²) in [5, 5.41) is 3.91. The third-order valence-corrected chi connectivity index (χ3v) is 8.80. The van der Waals surface area contributed by atoms with Gasteiger partial charge in [-0.15, -0.1) is 0 Å². The molecule has 1 heteroatoms. The number of nitrogens with one attached hydrogen (secondary N) is 1. The smallest absolute Gasteiger partial charge is 0.0101 e. The van der Waals surface area contributed by atoms with Crippen LogP contribution in [0.4, 0.5) is 0 Å². The van der Waals surface area contributed by atoms with E-state index in [0.29, 0.717) is 5.92 Å². The molecule has 1 aromatic rings. The van der Waals surface area contributed by atoms with Crippen molar-refractivity contribution in [2.45, 2.75) is 64.8 Å². The summed E-state index contributed by atoms with van der Waals surface area (Å²) in [6.07, 6.45) is 9.62. The molecule has 8 atom stereocenters. The molecule has 140 valence electrons. The lowest BCUT2D eigenvalue weighted by Gasteiger charge is -2.48. The fraction of sp³-hybridized carbons (Fsp3) is 0.680. The maximum Gasteiger partial charge on any atom is 0.0101 e. The molecule has 1 nitrogen and oxygen atoms in total. The number of benzene rings is 1. The van der Waals surface area contributed by atoms with Gasteiger partial charge in [0.15, 0.2) is 0 Å². The van der Waals surface area contributed by atoms with Crippen LogP contribution in [0.2, 0.25) is 0 Å². The largest absolute Gasteiger partial charge is 0.314 e. The Morgan fingerprint density at radius 3 is 2.77 bits per heavy atom. The molecule has 1 heterocycles. The second kappa shape index (κ2) is 6.51. The highest BCUT2D eigenvalue weighted by Gasteiger charge is 2.51. The lowest BCUT2D eigenvalue weighted by Crippen LogP contribution is -2.51. The molecule has 0 aromatic heterocycles. The maximum absolute atomic E-state index is 3.91. The van der Waals surface area contributed by atoms with Gasteiger partial charge in [-0.3, -0.25) is 0 Å². The number of hydrogen-bond donors (Lipinski definition) is 1. The van der Waals surface area contributed by atoms with Crippen molar-refractivity contribution in [2.24, 2.45) is 35.5 Å². The first-order valence-electron chi connectivity index (χ1n) is 11.1. The van der Waals surface area contributed by atoms with Crippen LogP contribution in [-0.2, 0) is 0 Å². The first-order valence-corrected chi connectivity index (χ1v) is 11.1. The Labute approximate surface area is 159 Å². The number of piperidine rings is 1. The summed E-state index contributed by atoms with van der Waals surface area (Å²) in [6.45, 7) is 8.77. The second-order valence-electron chi connectivity index (χ2n) is 9.97. The van der Waals surface area contributed by atoms with E-state index in [1.165, 1.54) is 44.2 Å². The van der Waals surface area contributed by atoms with Crippen molar-refractivity contribution in [2.75, 3.05) is 6.54 Å². The van der Waals surface area contributed by atoms with Gasteiger partial charge in [-0.25, -0.2) is 0 Å². The average molecular weight is 350 g/mol. The van der Waals surface area contributed by atoms with Crippen LogP contribution in [0, 0.1) is 35.5 Å². The Bertz CT molecular complexity index is 704. The van der Waals surface area contributed by atoms with Crippen LogP contribution in [0.25, 0.3) is 6.08 Å². The van der Waals surface area contributed by atoms with Crippen molar-refractivity contribution in [1.82, 2.24) is 5.32 Å². The van der Waals surface area contributed by atoms with Crippen molar-refractivity contribution >= 4 is 6.08 Å². The summed E-state index contributed by atoms with van der Waals surface area (Å²) in [5.74, 6) is 6.28. The van der Waals surface area contributed by atoms with Gasteiger partial charge < -0.3 is 5.32 Å². The van der Waals surface area contributed by atoms with Gasteiger partial charge in [0.1, 0.15) is 0 Å². The normalized spacial score (nSPS) is 44.2. The van der Waals surface area contributed by atoms with E-state index >= 15 is 0 Å². The van der Waals surface area contributed by atoms with Crippen molar-refractivity contribution in [1.29, 1.82) is 0 Å². The molecule has 1 aromatic carbocycles. The monoisotopic (exact) mass is 349 g/mol. The SMILES string of the molecule is CC1=Cc2ccccc2C1CC1C(C)CC2C(C)C3CCCNC3CC12. The van der Waals surface area contributed by atoms with E-state index in [9.17, 15) is 0 Å². The summed E-state index contributed by atoms with van der Waals surface area (Å²) >= 11 is 0. The van der Waals surface area contributed by atoms with Crippen LogP contribution in [0.15, 0.2) is 29.8 Å². The predicted octanol–water partition coefficient (Wildman–Crippen LogP) is 5.87. The molecular weight excluding hydrogens is 314 g/mol. The molecule has 4 aliphatic rings. The quantitative estimate of drug-likeness (QED) is 0.703. The standard InChI is InChI=1S/C25H35N/c1-15-11-18-7-4-5-8-20(18)21(15)13-22-16(2)12-23-17(3)19-9-6-10-26-25(19)14-24(22)23/h4-5,7-8,11,16-17,19,21-26H,6,9-10,12-14H2,1-3H3. The van der Waals surface area contributed by atoms with Gasteiger partial charge in [0, 0.05) is 12.0 Å². The Balaban J connectivity index is 1.39. The van der Waals surface area contributed by atoms with Crippen LogP contribution in [0.1, 0.15) is 69.9 Å². The third kappa shape index (κ3) is 2.61. The van der Waals surface area contributed by atoms with Gasteiger partial charge >= 0.3 is 0 Å². The lowest BCUT2D eigenvalue weighted by atomic mass is 9.62. The average Bonchev–Trinajstić information content (AvgIpc) is 3.13. The molecule has 3 fully saturated rings. The Hall–Kier alpha value is -1.08. The molecule has 1 aliphatic heterocycles. The minimum absolute atomic E-state index is 0.671. The molecule has 0 spiro atoms. The second-order valence-corrected chi connectivity index (χ2v) is 9.97. The van der Waals surface area contributed by atoms with Crippen molar-refractivity contribution in [3.8, 4) is 0 Å². The van der Waals surface area contributed by atoms with Crippen molar-refractivity contribution in [3.63, 3.8) is 0 Å². The van der Waals surface area contributed by atoms with Crippen molar-refractivity contribution < 1.29 is 0 Å². The molecule has 5 rings (SSSR count). The summed E-state index contributed by atoms with van der Waals surface area (Å²) in [5.41, 5.74) is 4.67. The molecule has 1 saturated heterocycles. The summed E-state index contributed by atoms with van der Waals surface area (Å²) < 4.78 is 0. The van der Waals surface area contributed by atoms with Crippen LogP contribution < -0.4 is 5.32 Å². The molecule has 3 aliphatic carbocycles. The van der Waals surface area contributed by atoms with Crippen LogP contribution >= 0.6 is 0 Å². The number of fused-ring (bicyclic) bond motifs is 3. The van der Waals surface area contributed by atoms with Crippen molar-refractivity contribution in [3.05, 3.63) is 41.0 Å². The van der Waals surface area contributed by atoms with E-state index < -0.39 is 0 Å². The van der Waals surface area contributed by atoms with E-state index in [-0.39, 0.29) is 0 Å². The zero-order chi connectivity index (χ0) is 17.8. The highest BCUT2D eigenvalue weighted by atomic mass is 14.9. The summed E-state index contributed by atoms with van der Waals surface area (Å²) in [7, 11) is 0. The number of rotatable bonds is 2. The fourth-order valence-corrected chi connectivity index (χ4v) is 7.49. The molecule has 0 amide bonds. The topological polar surface area (TPSA) is 12.0 Å². The van der Waals surface area contributed by atoms with E-state index in [1.807, 2.05) is 0 Å². The van der Waals surface area contributed by atoms with Gasteiger partial charge in [0.05, 0.1) is 0 Å². The molecule has 8 unspecified atom stereocenters. The van der Waals surface area contributed by atoms with E-state index in [0.717, 1.165) is 41.5 Å². The number of allylic oxidation sites excluding steroid dienone is 1. The minimum Gasteiger partial charge on any atom is -0.314 e. The van der Waals surface area contributed by atoms with Gasteiger partial charge in [-0.1, -0.05) is 49.8 Å². The summed E-state index contributed by atoms with van der Waals surface area (Å²) in [6, 6.07) is 9.92. The summed E-state index contributed by atoms with van der Waals surface area (Å²) in [4.78, 5) is 0. The van der Waals surface area contributed by atoms with Gasteiger partial charge in [-0.05, 0) is 92.2 Å². The third-order valence-electron chi connectivity index (χ3n) is 8.80. The Morgan fingerprint density at radius 2 is 1.88 bits per heavy atom. The van der Waals surface area contributed by atoms with E-state index in [2.05, 4.69) is 56.4 Å². The fourth-order valence-electron chi connectivity index (χ4n) is 7.49. The molecule has 26 heavy (non-hydrogen) atoms. The Kier molecular flexibility index (Phi) is 4.27. The van der Waals surface area contributed by atoms with Crippen LogP contribution in [-0.4, -0.2) is 12.6 Å². The van der Waals surface area contributed by atoms with Gasteiger partial charge in [0.25, 0.3) is 0 Å². The zero-order valence-electron chi connectivity index (χ0n) is 16.7. The predicted molar refractivity (Wildman–Crippen MR) is 110 cm³/mol. The highest BCUT2D eigenvalue weighted by molar-refractivity contribution is 5.65. The maximum atomic E-state index is 3.91. The molecule has 0 bridgehead atoms. The molecule has 0 radical (unpaired) electrons. The van der Waals surface area contributed by atoms with Gasteiger partial charge in [0.2, 0.25) is 0 Å².